The molecular weight excluding hydrogens is 370 g/mol. The number of amides is 3. The Morgan fingerprint density at radius 1 is 1.14 bits per heavy atom. The summed E-state index contributed by atoms with van der Waals surface area (Å²) in [5.41, 5.74) is 2.16. The number of anilines is 2. The third-order valence-corrected chi connectivity index (χ3v) is 5.15. The molecule has 3 amide bonds. The highest BCUT2D eigenvalue weighted by Gasteiger charge is 2.45. The minimum Gasteiger partial charge on any atom is -0.386 e. The van der Waals surface area contributed by atoms with E-state index in [1.165, 1.54) is 0 Å². The van der Waals surface area contributed by atoms with Crippen LogP contribution in [0.25, 0.3) is 0 Å². The van der Waals surface area contributed by atoms with Gasteiger partial charge in [0.05, 0.1) is 18.4 Å². The summed E-state index contributed by atoms with van der Waals surface area (Å²) in [5, 5.41) is 9.71. The molecule has 4 rings (SSSR count). The number of likely N-dealkylation sites (tertiary alicyclic amines) is 1. The van der Waals surface area contributed by atoms with E-state index in [1.807, 2.05) is 31.2 Å². The van der Waals surface area contributed by atoms with E-state index in [-0.39, 0.29) is 11.9 Å². The molecule has 2 aliphatic rings. The molecule has 1 atom stereocenters. The van der Waals surface area contributed by atoms with Gasteiger partial charge in [0.1, 0.15) is 5.71 Å². The van der Waals surface area contributed by atoms with Gasteiger partial charge in [0.25, 0.3) is 5.91 Å². The van der Waals surface area contributed by atoms with Crippen LogP contribution in [0.5, 0.6) is 0 Å². The van der Waals surface area contributed by atoms with Crippen molar-refractivity contribution in [2.24, 2.45) is 5.16 Å². The van der Waals surface area contributed by atoms with Crippen molar-refractivity contribution in [2.75, 3.05) is 23.7 Å². The van der Waals surface area contributed by atoms with Crippen molar-refractivity contribution in [1.82, 2.24) is 9.88 Å². The first kappa shape index (κ1) is 18.9. The Balaban J connectivity index is 1.36. The summed E-state index contributed by atoms with van der Waals surface area (Å²) >= 11 is 0. The predicted octanol–water partition coefficient (Wildman–Crippen LogP) is 3.17. The van der Waals surface area contributed by atoms with Crippen molar-refractivity contribution in [3.8, 4) is 0 Å². The molecule has 1 fully saturated rings. The number of nitrogens with zero attached hydrogens (tertiary/aromatic N) is 3. The van der Waals surface area contributed by atoms with Gasteiger partial charge >= 0.3 is 6.03 Å². The fourth-order valence-electron chi connectivity index (χ4n) is 3.61. The number of rotatable bonds is 3. The van der Waals surface area contributed by atoms with E-state index in [1.54, 1.807) is 29.4 Å². The second kappa shape index (κ2) is 7.90. The molecule has 1 aromatic carbocycles. The molecule has 1 saturated heterocycles. The molecule has 0 bridgehead atoms. The van der Waals surface area contributed by atoms with Gasteiger partial charge in [-0.3, -0.25) is 9.78 Å². The molecular formula is C21H23N5O3. The molecule has 150 valence electrons. The molecule has 3 heterocycles. The molecule has 1 spiro atoms. The normalized spacial score (nSPS) is 20.7. The van der Waals surface area contributed by atoms with Crippen LogP contribution in [0, 0.1) is 6.92 Å². The van der Waals surface area contributed by atoms with E-state index < -0.39 is 5.60 Å². The monoisotopic (exact) mass is 393 g/mol. The largest absolute Gasteiger partial charge is 0.386 e. The zero-order chi connectivity index (χ0) is 20.3. The van der Waals surface area contributed by atoms with Gasteiger partial charge in [0.15, 0.2) is 5.60 Å². The molecule has 0 radical (unpaired) electrons. The maximum absolute atomic E-state index is 12.7. The summed E-state index contributed by atoms with van der Waals surface area (Å²) < 4.78 is 0. The van der Waals surface area contributed by atoms with Crippen LogP contribution in [0.4, 0.5) is 16.2 Å². The maximum atomic E-state index is 12.7. The van der Waals surface area contributed by atoms with Gasteiger partial charge in [-0.15, -0.1) is 0 Å². The lowest BCUT2D eigenvalue weighted by Gasteiger charge is -2.38. The van der Waals surface area contributed by atoms with Gasteiger partial charge in [-0.1, -0.05) is 22.9 Å². The molecule has 29 heavy (non-hydrogen) atoms. The predicted molar refractivity (Wildman–Crippen MR) is 110 cm³/mol. The average molecular weight is 393 g/mol. The third-order valence-electron chi connectivity index (χ3n) is 5.15. The van der Waals surface area contributed by atoms with Crippen molar-refractivity contribution < 1.29 is 14.4 Å². The van der Waals surface area contributed by atoms with E-state index in [4.69, 9.17) is 4.84 Å². The van der Waals surface area contributed by atoms with E-state index in [9.17, 15) is 9.59 Å². The van der Waals surface area contributed by atoms with Gasteiger partial charge in [0.2, 0.25) is 0 Å². The fourth-order valence-corrected chi connectivity index (χ4v) is 3.61. The number of aromatic nitrogens is 1. The Labute approximate surface area is 168 Å². The van der Waals surface area contributed by atoms with Gasteiger partial charge in [-0.25, -0.2) is 4.79 Å². The first-order chi connectivity index (χ1) is 14.0. The third kappa shape index (κ3) is 4.37. The molecule has 2 N–H and O–H groups in total. The lowest BCUT2D eigenvalue weighted by Crippen LogP contribution is -2.52. The van der Waals surface area contributed by atoms with E-state index >= 15 is 0 Å². The number of hydrogen-bond acceptors (Lipinski definition) is 5. The van der Waals surface area contributed by atoms with E-state index in [2.05, 4.69) is 20.8 Å². The maximum Gasteiger partial charge on any atom is 0.321 e. The minimum atomic E-state index is -0.648. The molecule has 0 saturated carbocycles. The van der Waals surface area contributed by atoms with Crippen LogP contribution in [0.1, 0.15) is 24.8 Å². The van der Waals surface area contributed by atoms with Gasteiger partial charge in [0, 0.05) is 24.8 Å². The van der Waals surface area contributed by atoms with Crippen LogP contribution in [0.15, 0.2) is 53.9 Å². The Hall–Kier alpha value is -3.42. The molecule has 8 nitrogen and oxygen atoms in total. The SMILES string of the molecule is Cc1ccc(NC(=O)N2CCC[C@@]3(CC(C(=O)Nc4cccnc4)=NO3)C2)cc1. The zero-order valence-electron chi connectivity index (χ0n) is 16.2. The molecule has 8 heteroatoms. The number of pyridine rings is 1. The van der Waals surface area contributed by atoms with E-state index in [0.717, 1.165) is 24.1 Å². The molecule has 1 aromatic heterocycles. The smallest absolute Gasteiger partial charge is 0.321 e. The van der Waals surface area contributed by atoms with Gasteiger partial charge < -0.3 is 20.4 Å². The summed E-state index contributed by atoms with van der Waals surface area (Å²) in [5.74, 6) is -0.309. The lowest BCUT2D eigenvalue weighted by atomic mass is 9.88. The number of carbonyl (C=O) groups is 2. The molecule has 0 unspecified atom stereocenters. The van der Waals surface area contributed by atoms with Crippen LogP contribution in [-0.2, 0) is 9.63 Å². The number of benzene rings is 1. The Morgan fingerprint density at radius 3 is 2.72 bits per heavy atom. The Bertz CT molecular complexity index is 929. The number of urea groups is 1. The molecule has 2 aromatic rings. The Kier molecular flexibility index (Phi) is 5.16. The number of aryl methyl sites for hydroxylation is 1. The fraction of sp³-hybridized carbons (Fsp3) is 0.333. The topological polar surface area (TPSA) is 95.9 Å². The second-order valence-electron chi connectivity index (χ2n) is 7.51. The van der Waals surface area contributed by atoms with Gasteiger partial charge in [-0.2, -0.15) is 0 Å². The summed E-state index contributed by atoms with van der Waals surface area (Å²) in [6, 6.07) is 11.0. The minimum absolute atomic E-state index is 0.176. The van der Waals surface area contributed by atoms with Crippen LogP contribution >= 0.6 is 0 Å². The number of nitrogens with one attached hydrogen (secondary N) is 2. The molecule has 0 aliphatic carbocycles. The number of hydrogen-bond donors (Lipinski definition) is 2. The Morgan fingerprint density at radius 2 is 1.97 bits per heavy atom. The summed E-state index contributed by atoms with van der Waals surface area (Å²) in [6.45, 7) is 3.03. The number of carbonyl (C=O) groups excluding carboxylic acids is 2. The first-order valence-corrected chi connectivity index (χ1v) is 9.62. The summed E-state index contributed by atoms with van der Waals surface area (Å²) in [4.78, 5) is 36.6. The van der Waals surface area contributed by atoms with Crippen molar-refractivity contribution in [1.29, 1.82) is 0 Å². The number of oxime groups is 1. The van der Waals surface area contributed by atoms with E-state index in [0.29, 0.717) is 30.9 Å². The average Bonchev–Trinajstić information content (AvgIpc) is 3.14. The van der Waals surface area contributed by atoms with Crippen LogP contribution in [-0.4, -0.2) is 46.2 Å². The molecule has 2 aliphatic heterocycles. The highest BCUT2D eigenvalue weighted by molar-refractivity contribution is 6.43. The van der Waals surface area contributed by atoms with Crippen molar-refractivity contribution in [2.45, 2.75) is 31.8 Å². The summed E-state index contributed by atoms with van der Waals surface area (Å²) in [6.07, 6.45) is 5.11. The highest BCUT2D eigenvalue weighted by Crippen LogP contribution is 2.34. The van der Waals surface area contributed by atoms with Gasteiger partial charge in [-0.05, 0) is 44.0 Å². The van der Waals surface area contributed by atoms with Crippen molar-refractivity contribution in [3.63, 3.8) is 0 Å². The zero-order valence-corrected chi connectivity index (χ0v) is 16.2. The number of piperidine rings is 1. The van der Waals surface area contributed by atoms with Crippen molar-refractivity contribution in [3.05, 3.63) is 54.4 Å². The van der Waals surface area contributed by atoms with Crippen LogP contribution in [0.3, 0.4) is 0 Å². The summed E-state index contributed by atoms with van der Waals surface area (Å²) in [7, 11) is 0. The quantitative estimate of drug-likeness (QED) is 0.837. The highest BCUT2D eigenvalue weighted by atomic mass is 16.7. The standard InChI is InChI=1S/C21H23N5O3/c1-15-5-7-16(8-6-15)24-20(28)26-11-3-9-21(14-26)12-18(25-29-21)19(27)23-17-4-2-10-22-13-17/h2,4-8,10,13H,3,9,11-12,14H2,1H3,(H,23,27)(H,24,28)/t21-/m1/s1. The van der Waals surface area contributed by atoms with Crippen LogP contribution in [0.2, 0.25) is 0 Å². The van der Waals surface area contributed by atoms with Crippen LogP contribution < -0.4 is 10.6 Å². The lowest BCUT2D eigenvalue weighted by molar-refractivity contribution is -0.110. The van der Waals surface area contributed by atoms with Crippen molar-refractivity contribution >= 4 is 29.0 Å². The first-order valence-electron chi connectivity index (χ1n) is 9.62. The second-order valence-corrected chi connectivity index (χ2v) is 7.51.